The molecule has 1 heterocycles. The van der Waals surface area contributed by atoms with Crippen LogP contribution in [0.2, 0.25) is 0 Å². The summed E-state index contributed by atoms with van der Waals surface area (Å²) in [4.78, 5) is 8.67. The number of hydrogen-bond donors (Lipinski definition) is 1. The minimum absolute atomic E-state index is 0.246. The molecule has 2 atom stereocenters. The third-order valence-electron chi connectivity index (χ3n) is 4.03. The van der Waals surface area contributed by atoms with Gasteiger partial charge in [-0.25, -0.2) is 0 Å². The van der Waals surface area contributed by atoms with Gasteiger partial charge >= 0.3 is 0 Å². The van der Waals surface area contributed by atoms with Crippen LogP contribution in [0.3, 0.4) is 0 Å². The van der Waals surface area contributed by atoms with Crippen LogP contribution in [0.1, 0.15) is 41.6 Å². The lowest BCUT2D eigenvalue weighted by atomic mass is 9.78. The van der Waals surface area contributed by atoms with Gasteiger partial charge in [-0.15, -0.1) is 0 Å². The molecule has 0 saturated heterocycles. The lowest BCUT2D eigenvalue weighted by Gasteiger charge is -2.31. The van der Waals surface area contributed by atoms with Gasteiger partial charge < -0.3 is 5.32 Å². The molecule has 1 N–H and O–H groups in total. The molecule has 0 saturated carbocycles. The molecular weight excluding hydrogens is 234 g/mol. The highest BCUT2D eigenvalue weighted by atomic mass is 14.9. The van der Waals surface area contributed by atoms with Crippen molar-refractivity contribution in [2.45, 2.75) is 31.2 Å². The van der Waals surface area contributed by atoms with E-state index in [1.807, 2.05) is 13.2 Å². The first-order chi connectivity index (χ1) is 9.40. The van der Waals surface area contributed by atoms with Gasteiger partial charge in [0.2, 0.25) is 0 Å². The minimum atomic E-state index is 0.246. The molecule has 3 heteroatoms. The fraction of sp³-hybridized carbons (Fsp3) is 0.375. The summed E-state index contributed by atoms with van der Waals surface area (Å²) in [6, 6.07) is 9.04. The Hall–Kier alpha value is -1.74. The van der Waals surface area contributed by atoms with Gasteiger partial charge in [-0.1, -0.05) is 24.3 Å². The molecule has 0 amide bonds. The normalized spacial score (nSPS) is 19.7. The third kappa shape index (κ3) is 2.38. The number of aromatic nitrogens is 2. The van der Waals surface area contributed by atoms with Gasteiger partial charge in [0.1, 0.15) is 0 Å². The topological polar surface area (TPSA) is 37.8 Å². The highest BCUT2D eigenvalue weighted by Crippen LogP contribution is 2.39. The summed E-state index contributed by atoms with van der Waals surface area (Å²) < 4.78 is 0. The first kappa shape index (κ1) is 12.3. The Bertz CT molecular complexity index is 539. The minimum Gasteiger partial charge on any atom is -0.311 e. The molecule has 3 rings (SSSR count). The molecule has 0 spiro atoms. The summed E-state index contributed by atoms with van der Waals surface area (Å²) >= 11 is 0. The monoisotopic (exact) mass is 253 g/mol. The summed E-state index contributed by atoms with van der Waals surface area (Å²) in [5, 5.41) is 3.43. The quantitative estimate of drug-likeness (QED) is 0.914. The predicted molar refractivity (Wildman–Crippen MR) is 76.0 cm³/mol. The largest absolute Gasteiger partial charge is 0.311 e. The molecule has 2 unspecified atom stereocenters. The molecule has 2 aromatic rings. The van der Waals surface area contributed by atoms with Crippen LogP contribution in [0.15, 0.2) is 42.9 Å². The molecule has 0 aliphatic heterocycles. The average Bonchev–Trinajstić information content (AvgIpc) is 2.49. The molecule has 19 heavy (non-hydrogen) atoms. The zero-order valence-electron chi connectivity index (χ0n) is 11.2. The van der Waals surface area contributed by atoms with Crippen molar-refractivity contribution in [3.8, 4) is 0 Å². The van der Waals surface area contributed by atoms with E-state index in [1.165, 1.54) is 30.4 Å². The lowest BCUT2D eigenvalue weighted by molar-refractivity contribution is 0.417. The number of fused-ring (bicyclic) bond motifs is 1. The van der Waals surface area contributed by atoms with Gasteiger partial charge in [-0.3, -0.25) is 9.97 Å². The van der Waals surface area contributed by atoms with E-state index in [9.17, 15) is 0 Å². The summed E-state index contributed by atoms with van der Waals surface area (Å²) in [6.07, 6.45) is 9.03. The first-order valence-electron chi connectivity index (χ1n) is 6.91. The van der Waals surface area contributed by atoms with Crippen molar-refractivity contribution in [3.05, 3.63) is 59.7 Å². The summed E-state index contributed by atoms with van der Waals surface area (Å²) in [5.74, 6) is 0.492. The van der Waals surface area contributed by atoms with Gasteiger partial charge in [0.15, 0.2) is 0 Å². The van der Waals surface area contributed by atoms with Gasteiger partial charge in [-0.05, 0) is 37.4 Å². The SMILES string of the molecule is CNC(c1cnccn1)C1CCCc2ccccc21. The Balaban J connectivity index is 1.97. The van der Waals surface area contributed by atoms with Crippen LogP contribution in [0.25, 0.3) is 0 Å². The lowest BCUT2D eigenvalue weighted by Crippen LogP contribution is -2.27. The average molecular weight is 253 g/mol. The molecule has 1 aliphatic rings. The smallest absolute Gasteiger partial charge is 0.0762 e. The second-order valence-corrected chi connectivity index (χ2v) is 5.09. The molecule has 1 aromatic heterocycles. The maximum atomic E-state index is 4.47. The van der Waals surface area contributed by atoms with Crippen molar-refractivity contribution in [1.29, 1.82) is 0 Å². The first-order valence-corrected chi connectivity index (χ1v) is 6.91. The van der Waals surface area contributed by atoms with Crippen molar-refractivity contribution in [2.24, 2.45) is 0 Å². The summed E-state index contributed by atoms with van der Waals surface area (Å²) in [6.45, 7) is 0. The molecule has 1 aromatic carbocycles. The van der Waals surface area contributed by atoms with Crippen LogP contribution in [0.5, 0.6) is 0 Å². The van der Waals surface area contributed by atoms with E-state index in [1.54, 1.807) is 12.4 Å². The predicted octanol–water partition coefficient (Wildman–Crippen LogP) is 2.86. The van der Waals surface area contributed by atoms with E-state index in [2.05, 4.69) is 39.6 Å². The van der Waals surface area contributed by atoms with Crippen LogP contribution < -0.4 is 5.32 Å². The van der Waals surface area contributed by atoms with Crippen molar-refractivity contribution in [1.82, 2.24) is 15.3 Å². The number of aryl methyl sites for hydroxylation is 1. The Labute approximate surface area is 114 Å². The zero-order chi connectivity index (χ0) is 13.1. The number of benzene rings is 1. The Morgan fingerprint density at radius 1 is 1.26 bits per heavy atom. The fourth-order valence-electron chi connectivity index (χ4n) is 3.16. The molecule has 0 fully saturated rings. The molecule has 0 bridgehead atoms. The van der Waals surface area contributed by atoms with Gasteiger partial charge in [0, 0.05) is 24.5 Å². The molecule has 0 radical (unpaired) electrons. The molecule has 3 nitrogen and oxygen atoms in total. The van der Waals surface area contributed by atoms with E-state index in [4.69, 9.17) is 0 Å². The fourth-order valence-corrected chi connectivity index (χ4v) is 3.16. The van der Waals surface area contributed by atoms with Gasteiger partial charge in [0.25, 0.3) is 0 Å². The number of nitrogens with one attached hydrogen (secondary N) is 1. The maximum Gasteiger partial charge on any atom is 0.0762 e. The van der Waals surface area contributed by atoms with Crippen molar-refractivity contribution in [3.63, 3.8) is 0 Å². The molecule has 98 valence electrons. The van der Waals surface area contributed by atoms with Crippen molar-refractivity contribution < 1.29 is 0 Å². The summed E-state index contributed by atoms with van der Waals surface area (Å²) in [5.41, 5.74) is 3.99. The highest BCUT2D eigenvalue weighted by molar-refractivity contribution is 5.34. The van der Waals surface area contributed by atoms with Crippen LogP contribution in [0, 0.1) is 0 Å². The third-order valence-corrected chi connectivity index (χ3v) is 4.03. The van der Waals surface area contributed by atoms with Crippen molar-refractivity contribution >= 4 is 0 Å². The number of nitrogens with zero attached hydrogens (tertiary/aromatic N) is 2. The number of hydrogen-bond acceptors (Lipinski definition) is 3. The van der Waals surface area contributed by atoms with Crippen LogP contribution in [-0.2, 0) is 6.42 Å². The van der Waals surface area contributed by atoms with Crippen molar-refractivity contribution in [2.75, 3.05) is 7.05 Å². The highest BCUT2D eigenvalue weighted by Gasteiger charge is 2.28. The van der Waals surface area contributed by atoms with Crippen LogP contribution in [-0.4, -0.2) is 17.0 Å². The standard InChI is InChI=1S/C16H19N3/c1-17-16(15-11-18-9-10-19-15)14-8-4-6-12-5-2-3-7-13(12)14/h2-3,5,7,9-11,14,16-17H,4,6,8H2,1H3. The van der Waals surface area contributed by atoms with Crippen LogP contribution in [0.4, 0.5) is 0 Å². The van der Waals surface area contributed by atoms with E-state index >= 15 is 0 Å². The van der Waals surface area contributed by atoms with E-state index in [0.29, 0.717) is 5.92 Å². The number of rotatable bonds is 3. The Morgan fingerprint density at radius 2 is 2.16 bits per heavy atom. The van der Waals surface area contributed by atoms with E-state index in [-0.39, 0.29) is 6.04 Å². The van der Waals surface area contributed by atoms with Gasteiger partial charge in [0.05, 0.1) is 11.7 Å². The Morgan fingerprint density at radius 3 is 2.95 bits per heavy atom. The zero-order valence-corrected chi connectivity index (χ0v) is 11.2. The van der Waals surface area contributed by atoms with Crippen LogP contribution >= 0.6 is 0 Å². The Kier molecular flexibility index (Phi) is 3.56. The van der Waals surface area contributed by atoms with E-state index in [0.717, 1.165) is 5.69 Å². The second kappa shape index (κ2) is 5.49. The summed E-state index contributed by atoms with van der Waals surface area (Å²) in [7, 11) is 2.01. The maximum absolute atomic E-state index is 4.47. The number of likely N-dealkylation sites (N-methyl/N-ethyl adjacent to an activating group) is 1. The van der Waals surface area contributed by atoms with Gasteiger partial charge in [-0.2, -0.15) is 0 Å². The molecule has 1 aliphatic carbocycles. The second-order valence-electron chi connectivity index (χ2n) is 5.09. The molecular formula is C16H19N3. The van der Waals surface area contributed by atoms with E-state index < -0.39 is 0 Å².